The Bertz CT molecular complexity index is 2660. The lowest BCUT2D eigenvalue weighted by Crippen LogP contribution is -2.39. The van der Waals surface area contributed by atoms with Crippen molar-refractivity contribution in [3.63, 3.8) is 0 Å². The number of nitrogens with zero attached hydrogens (tertiary/aromatic N) is 6. The quantitative estimate of drug-likeness (QED) is 0.163. The molecule has 8 heterocycles. The van der Waals surface area contributed by atoms with Crippen LogP contribution in [0.25, 0.3) is 11.0 Å². The Hall–Kier alpha value is -6.20. The molecule has 0 bridgehead atoms. The molecule has 2 fully saturated rings. The zero-order chi connectivity index (χ0) is 41.2. The number of hydrogen-bond acceptors (Lipinski definition) is 12. The summed E-state index contributed by atoms with van der Waals surface area (Å²) in [6.45, 7) is 6.95. The van der Waals surface area contributed by atoms with E-state index in [4.69, 9.17) is 18.9 Å². The minimum absolute atomic E-state index is 0.143. The second-order valence-electron chi connectivity index (χ2n) is 16.4. The molecule has 0 spiro atoms. The van der Waals surface area contributed by atoms with Crippen LogP contribution in [-0.4, -0.2) is 112 Å². The van der Waals surface area contributed by atoms with E-state index in [1.54, 1.807) is 27.5 Å². The van der Waals surface area contributed by atoms with Gasteiger partial charge >= 0.3 is 0 Å². The number of hydrogen-bond donors (Lipinski definition) is 4. The normalized spacial score (nSPS) is 22.4. The van der Waals surface area contributed by atoms with Gasteiger partial charge in [0, 0.05) is 80.2 Å². The Morgan fingerprint density at radius 1 is 0.733 bits per heavy atom. The molecule has 4 aliphatic heterocycles. The standard InChI is InChI=1S/C44H46N8O8/c1-43(25-53)22-27-17-32(35(20-37(27)59-43)49-11-14-57-15-12-49)48-42(56)40-31(19-30-6-4-10-46-52(30)40)39-24-50(13-16-58-39)36-21-38-28(23-44(2,26-54)60-38)18-33(36)47-41(55)34-8-7-29-5-3-9-45-51(29)34/h3-10,17-21,39,53-54H,11-16,22-26H2,1-2H3,(H,47,55)(H,48,56)/t39?,43-,44+/m0/s1. The van der Waals surface area contributed by atoms with E-state index in [0.29, 0.717) is 104 Å². The SMILES string of the molecule is C[C@]1(CO)Cc2cc(NC(=O)c3ccc4cccnn34)c(N3CCOC(c4cc5cccnn5c4C(=O)Nc4cc5c(cc4N4CCOCC4)O[C@](C)(CO)C5)C3)cc2O1. The lowest BCUT2D eigenvalue weighted by Gasteiger charge is -2.36. The van der Waals surface area contributed by atoms with Gasteiger partial charge < -0.3 is 49.6 Å². The smallest absolute Gasteiger partial charge is 0.274 e. The van der Waals surface area contributed by atoms with E-state index in [-0.39, 0.29) is 25.0 Å². The summed E-state index contributed by atoms with van der Waals surface area (Å²) in [5.74, 6) is 0.622. The lowest BCUT2D eigenvalue weighted by atomic mass is 9.99. The van der Waals surface area contributed by atoms with E-state index >= 15 is 0 Å². The van der Waals surface area contributed by atoms with Crippen LogP contribution in [0.1, 0.15) is 57.6 Å². The summed E-state index contributed by atoms with van der Waals surface area (Å²) in [7, 11) is 0. The number of benzene rings is 2. The highest BCUT2D eigenvalue weighted by Gasteiger charge is 2.38. The minimum Gasteiger partial charge on any atom is -0.484 e. The van der Waals surface area contributed by atoms with Crippen LogP contribution in [0.4, 0.5) is 22.7 Å². The number of fused-ring (bicyclic) bond motifs is 4. The van der Waals surface area contributed by atoms with Crippen LogP contribution in [-0.2, 0) is 22.3 Å². The Balaban J connectivity index is 0.992. The highest BCUT2D eigenvalue weighted by molar-refractivity contribution is 6.07. The van der Waals surface area contributed by atoms with Crippen LogP contribution in [0.3, 0.4) is 0 Å². The molecule has 2 amide bonds. The fraction of sp³-hybridized carbons (Fsp3) is 0.364. The number of nitrogens with one attached hydrogen (secondary N) is 2. The maximum absolute atomic E-state index is 14.8. The van der Waals surface area contributed by atoms with Gasteiger partial charge in [-0.1, -0.05) is 0 Å². The van der Waals surface area contributed by atoms with Crippen LogP contribution >= 0.6 is 0 Å². The Labute approximate surface area is 345 Å². The van der Waals surface area contributed by atoms with E-state index in [9.17, 15) is 19.8 Å². The Kier molecular flexibility index (Phi) is 9.39. The van der Waals surface area contributed by atoms with Gasteiger partial charge in [-0.2, -0.15) is 10.2 Å². The zero-order valence-corrected chi connectivity index (χ0v) is 33.4. The monoisotopic (exact) mass is 814 g/mol. The summed E-state index contributed by atoms with van der Waals surface area (Å²) in [5, 5.41) is 35.7. The maximum Gasteiger partial charge on any atom is 0.274 e. The fourth-order valence-corrected chi connectivity index (χ4v) is 8.85. The van der Waals surface area contributed by atoms with Crippen LogP contribution in [0.2, 0.25) is 0 Å². The largest absolute Gasteiger partial charge is 0.484 e. The first-order chi connectivity index (χ1) is 29.1. The number of rotatable bonds is 9. The summed E-state index contributed by atoms with van der Waals surface area (Å²) in [6, 6.07) is 20.7. The van der Waals surface area contributed by atoms with Crippen molar-refractivity contribution in [3.05, 3.63) is 107 Å². The van der Waals surface area contributed by atoms with Gasteiger partial charge in [0.2, 0.25) is 0 Å². The van der Waals surface area contributed by atoms with E-state index in [0.717, 1.165) is 27.8 Å². The lowest BCUT2D eigenvalue weighted by molar-refractivity contribution is 0.0388. The second-order valence-corrected chi connectivity index (χ2v) is 16.4. The first-order valence-corrected chi connectivity index (χ1v) is 20.3. The molecular weight excluding hydrogens is 769 g/mol. The summed E-state index contributed by atoms with van der Waals surface area (Å²) in [6.07, 6.45) is 3.67. The summed E-state index contributed by atoms with van der Waals surface area (Å²) < 4.78 is 27.9. The summed E-state index contributed by atoms with van der Waals surface area (Å²) in [5.41, 5.74) is 5.80. The molecule has 4 aromatic heterocycles. The van der Waals surface area contributed by atoms with E-state index in [2.05, 4.69) is 30.6 Å². The number of aliphatic hydroxyl groups is 2. The fourth-order valence-electron chi connectivity index (χ4n) is 8.85. The average Bonchev–Trinajstić information content (AvgIpc) is 4.04. The topological polar surface area (TPSA) is 177 Å². The molecule has 16 nitrogen and oxygen atoms in total. The molecule has 1 unspecified atom stereocenters. The molecule has 0 saturated carbocycles. The van der Waals surface area contributed by atoms with Crippen molar-refractivity contribution in [2.45, 2.75) is 44.0 Å². The van der Waals surface area contributed by atoms with E-state index in [1.807, 2.05) is 74.5 Å². The van der Waals surface area contributed by atoms with Crippen LogP contribution in [0.15, 0.2) is 79.1 Å². The first kappa shape index (κ1) is 38.0. The molecule has 4 aliphatic rings. The van der Waals surface area contributed by atoms with Gasteiger partial charge in [-0.05, 0) is 68.4 Å². The third-order valence-corrected chi connectivity index (χ3v) is 11.9. The predicted molar refractivity (Wildman–Crippen MR) is 223 cm³/mol. The molecule has 0 aliphatic carbocycles. The number of aromatic nitrogens is 4. The summed E-state index contributed by atoms with van der Waals surface area (Å²) >= 11 is 0. The van der Waals surface area contributed by atoms with Crippen molar-refractivity contribution < 1.29 is 38.7 Å². The number of anilines is 4. The molecule has 60 heavy (non-hydrogen) atoms. The van der Waals surface area contributed by atoms with Gasteiger partial charge in [-0.15, -0.1) is 0 Å². The molecule has 16 heteroatoms. The number of amides is 2. The van der Waals surface area contributed by atoms with Gasteiger partial charge in [-0.25, -0.2) is 9.03 Å². The first-order valence-electron chi connectivity index (χ1n) is 20.3. The number of ether oxygens (including phenoxy) is 4. The van der Waals surface area contributed by atoms with Crippen LogP contribution in [0.5, 0.6) is 11.5 Å². The van der Waals surface area contributed by atoms with Crippen molar-refractivity contribution in [2.75, 3.05) is 79.6 Å². The highest BCUT2D eigenvalue weighted by atomic mass is 16.5. The molecule has 2 aromatic carbocycles. The number of carbonyl (C=O) groups excluding carboxylic acids is 2. The number of carbonyl (C=O) groups is 2. The van der Waals surface area contributed by atoms with Crippen molar-refractivity contribution in [3.8, 4) is 11.5 Å². The molecule has 0 radical (unpaired) electrons. The molecule has 2 saturated heterocycles. The molecule has 6 aromatic rings. The van der Waals surface area contributed by atoms with E-state index in [1.165, 1.54) is 0 Å². The van der Waals surface area contributed by atoms with Crippen molar-refractivity contribution in [1.29, 1.82) is 0 Å². The highest BCUT2D eigenvalue weighted by Crippen LogP contribution is 2.45. The van der Waals surface area contributed by atoms with E-state index < -0.39 is 17.3 Å². The third kappa shape index (κ3) is 6.74. The zero-order valence-electron chi connectivity index (χ0n) is 33.4. The number of aliphatic hydroxyl groups excluding tert-OH is 2. The molecule has 10 rings (SSSR count). The minimum atomic E-state index is -0.800. The van der Waals surface area contributed by atoms with Crippen LogP contribution in [0, 0.1) is 0 Å². The predicted octanol–water partition coefficient (Wildman–Crippen LogP) is 4.27. The summed E-state index contributed by atoms with van der Waals surface area (Å²) in [4.78, 5) is 33.0. The van der Waals surface area contributed by atoms with Gasteiger partial charge in [0.25, 0.3) is 11.8 Å². The molecule has 3 atom stereocenters. The third-order valence-electron chi connectivity index (χ3n) is 11.9. The Morgan fingerprint density at radius 2 is 1.33 bits per heavy atom. The molecule has 310 valence electrons. The van der Waals surface area contributed by atoms with Crippen molar-refractivity contribution in [1.82, 2.24) is 19.2 Å². The van der Waals surface area contributed by atoms with Gasteiger partial charge in [0.1, 0.15) is 40.2 Å². The van der Waals surface area contributed by atoms with Crippen molar-refractivity contribution in [2.24, 2.45) is 0 Å². The maximum atomic E-state index is 14.8. The second kappa shape index (κ2) is 14.8. The molecule has 4 N–H and O–H groups in total. The number of morpholine rings is 2. The average molecular weight is 815 g/mol. The van der Waals surface area contributed by atoms with Crippen LogP contribution < -0.4 is 29.9 Å². The Morgan fingerprint density at radius 3 is 2.00 bits per heavy atom. The van der Waals surface area contributed by atoms with Crippen molar-refractivity contribution >= 4 is 45.6 Å². The van der Waals surface area contributed by atoms with Gasteiger partial charge in [-0.3, -0.25) is 9.59 Å². The molecular formula is C44H46N8O8. The van der Waals surface area contributed by atoms with Gasteiger partial charge in [0.15, 0.2) is 0 Å². The van der Waals surface area contributed by atoms with Gasteiger partial charge in [0.05, 0.1) is 66.8 Å².